The van der Waals surface area contributed by atoms with E-state index in [1.54, 1.807) is 0 Å². The number of aliphatic hydroxyl groups is 1. The Kier molecular flexibility index (Phi) is 3.40. The van der Waals surface area contributed by atoms with Crippen LogP contribution in [0, 0.1) is 6.92 Å². The molecule has 1 amide bonds. The molecule has 90 valence electrons. The normalized spacial score (nSPS) is 12.8. The Balaban J connectivity index is 2.21. The van der Waals surface area contributed by atoms with Crippen molar-refractivity contribution in [3.63, 3.8) is 0 Å². The molecule has 0 saturated carbocycles. The smallest absolute Gasteiger partial charge is 0.217 e. The lowest BCUT2D eigenvalue weighted by atomic mass is 10.2. The van der Waals surface area contributed by atoms with Gasteiger partial charge in [-0.25, -0.2) is 4.98 Å². The van der Waals surface area contributed by atoms with E-state index in [0.717, 1.165) is 10.2 Å². The number of rotatable bonds is 4. The van der Waals surface area contributed by atoms with E-state index in [9.17, 15) is 9.90 Å². The van der Waals surface area contributed by atoms with Crippen molar-refractivity contribution in [3.8, 4) is 0 Å². The summed E-state index contributed by atoms with van der Waals surface area (Å²) < 4.78 is 1.05. The maximum absolute atomic E-state index is 10.6. The quantitative estimate of drug-likeness (QED) is 0.870. The van der Waals surface area contributed by atoms with Gasteiger partial charge in [0, 0.05) is 6.42 Å². The molecule has 0 fully saturated rings. The first-order chi connectivity index (χ1) is 8.06. The van der Waals surface area contributed by atoms with Crippen LogP contribution in [0.2, 0.25) is 0 Å². The molecule has 2 rings (SSSR count). The van der Waals surface area contributed by atoms with Gasteiger partial charge in [0.2, 0.25) is 5.91 Å². The number of hydrogen-bond donors (Lipinski definition) is 2. The summed E-state index contributed by atoms with van der Waals surface area (Å²) in [5.74, 6) is -0.402. The van der Waals surface area contributed by atoms with E-state index in [1.807, 2.05) is 25.1 Å². The molecular formula is C12H14N2O2S. The minimum atomic E-state index is -0.708. The van der Waals surface area contributed by atoms with E-state index in [-0.39, 0.29) is 6.42 Å². The van der Waals surface area contributed by atoms with Gasteiger partial charge in [-0.2, -0.15) is 0 Å². The van der Waals surface area contributed by atoms with Gasteiger partial charge in [-0.3, -0.25) is 4.79 Å². The van der Waals surface area contributed by atoms with Crippen molar-refractivity contribution in [1.29, 1.82) is 0 Å². The zero-order valence-corrected chi connectivity index (χ0v) is 10.3. The van der Waals surface area contributed by atoms with E-state index in [1.165, 1.54) is 16.9 Å². The Hall–Kier alpha value is -1.46. The number of aryl methyl sites for hydroxylation is 1. The summed E-state index contributed by atoms with van der Waals surface area (Å²) in [6, 6.07) is 5.96. The summed E-state index contributed by atoms with van der Waals surface area (Å²) in [5, 5.41) is 10.5. The van der Waals surface area contributed by atoms with Crippen LogP contribution in [0.25, 0.3) is 10.2 Å². The maximum atomic E-state index is 10.6. The first-order valence-electron chi connectivity index (χ1n) is 5.39. The molecule has 1 aromatic carbocycles. The number of fused-ring (bicyclic) bond motifs is 1. The van der Waals surface area contributed by atoms with Gasteiger partial charge in [-0.05, 0) is 31.0 Å². The molecule has 3 N–H and O–H groups in total. The lowest BCUT2D eigenvalue weighted by Gasteiger charge is -2.04. The van der Waals surface area contributed by atoms with Crippen molar-refractivity contribution in [2.45, 2.75) is 25.9 Å². The molecule has 0 radical (unpaired) electrons. The van der Waals surface area contributed by atoms with Crippen molar-refractivity contribution < 1.29 is 9.90 Å². The van der Waals surface area contributed by atoms with Gasteiger partial charge in [0.15, 0.2) is 0 Å². The lowest BCUT2D eigenvalue weighted by Crippen LogP contribution is -2.11. The van der Waals surface area contributed by atoms with Crippen LogP contribution >= 0.6 is 11.3 Å². The molecule has 0 aliphatic carbocycles. The van der Waals surface area contributed by atoms with Crippen molar-refractivity contribution >= 4 is 27.5 Å². The second-order valence-electron chi connectivity index (χ2n) is 4.04. The molecule has 0 aliphatic heterocycles. The summed E-state index contributed by atoms with van der Waals surface area (Å²) in [6.45, 7) is 2.02. The van der Waals surface area contributed by atoms with Crippen LogP contribution in [-0.4, -0.2) is 16.0 Å². The Morgan fingerprint density at radius 2 is 2.35 bits per heavy atom. The van der Waals surface area contributed by atoms with Crippen LogP contribution in [0.5, 0.6) is 0 Å². The highest BCUT2D eigenvalue weighted by atomic mass is 32.1. The number of nitrogens with two attached hydrogens (primary N) is 1. The van der Waals surface area contributed by atoms with Crippen LogP contribution in [0.4, 0.5) is 0 Å². The van der Waals surface area contributed by atoms with Crippen LogP contribution < -0.4 is 5.73 Å². The van der Waals surface area contributed by atoms with Gasteiger partial charge in [0.25, 0.3) is 0 Å². The fourth-order valence-electron chi connectivity index (χ4n) is 1.59. The molecule has 4 nitrogen and oxygen atoms in total. The molecule has 1 unspecified atom stereocenters. The van der Waals surface area contributed by atoms with Crippen molar-refractivity contribution in [1.82, 2.24) is 4.98 Å². The average Bonchev–Trinajstić information content (AvgIpc) is 2.68. The number of benzene rings is 1. The second kappa shape index (κ2) is 4.81. The lowest BCUT2D eigenvalue weighted by molar-refractivity contribution is -0.118. The minimum Gasteiger partial charge on any atom is -0.386 e. The van der Waals surface area contributed by atoms with Gasteiger partial charge in [0.05, 0.1) is 10.2 Å². The van der Waals surface area contributed by atoms with Gasteiger partial charge in [0.1, 0.15) is 11.1 Å². The Morgan fingerprint density at radius 3 is 3.06 bits per heavy atom. The summed E-state index contributed by atoms with van der Waals surface area (Å²) in [7, 11) is 0. The van der Waals surface area contributed by atoms with Crippen LogP contribution in [-0.2, 0) is 4.79 Å². The molecule has 1 aromatic heterocycles. The third-order valence-electron chi connectivity index (χ3n) is 2.51. The molecule has 0 aliphatic rings. The number of aliphatic hydroxyl groups excluding tert-OH is 1. The first kappa shape index (κ1) is 12.0. The molecular weight excluding hydrogens is 236 g/mol. The molecule has 1 atom stereocenters. The zero-order chi connectivity index (χ0) is 12.4. The van der Waals surface area contributed by atoms with E-state index >= 15 is 0 Å². The predicted molar refractivity (Wildman–Crippen MR) is 67.7 cm³/mol. The number of nitrogens with zero attached hydrogens (tertiary/aromatic N) is 1. The largest absolute Gasteiger partial charge is 0.386 e. The Labute approximate surface area is 103 Å². The molecule has 17 heavy (non-hydrogen) atoms. The first-order valence-corrected chi connectivity index (χ1v) is 6.21. The number of thiazole rings is 1. The van der Waals surface area contributed by atoms with E-state index in [0.29, 0.717) is 11.4 Å². The summed E-state index contributed by atoms with van der Waals surface area (Å²) in [5.41, 5.74) is 7.10. The van der Waals surface area contributed by atoms with Gasteiger partial charge < -0.3 is 10.8 Å². The standard InChI is InChI=1S/C12H14N2O2S/c1-7-2-3-8-10(6-7)17-12(14-8)9(15)4-5-11(13)16/h2-3,6,9,15H,4-5H2,1H3,(H2,13,16). The van der Waals surface area contributed by atoms with E-state index in [2.05, 4.69) is 4.98 Å². The summed E-state index contributed by atoms with van der Waals surface area (Å²) in [4.78, 5) is 15.0. The third kappa shape index (κ3) is 2.81. The molecule has 0 spiro atoms. The number of hydrogen-bond acceptors (Lipinski definition) is 4. The van der Waals surface area contributed by atoms with Crippen molar-refractivity contribution in [2.24, 2.45) is 5.73 Å². The molecule has 0 bridgehead atoms. The topological polar surface area (TPSA) is 76.2 Å². The van der Waals surface area contributed by atoms with Gasteiger partial charge in [-0.1, -0.05) is 6.07 Å². The van der Waals surface area contributed by atoms with Crippen LogP contribution in [0.1, 0.15) is 29.5 Å². The highest BCUT2D eigenvalue weighted by molar-refractivity contribution is 7.18. The maximum Gasteiger partial charge on any atom is 0.217 e. The highest BCUT2D eigenvalue weighted by Gasteiger charge is 2.14. The monoisotopic (exact) mass is 250 g/mol. The number of primary amides is 1. The van der Waals surface area contributed by atoms with Crippen LogP contribution in [0.3, 0.4) is 0 Å². The van der Waals surface area contributed by atoms with E-state index in [4.69, 9.17) is 5.73 Å². The summed E-state index contributed by atoms with van der Waals surface area (Å²) >= 11 is 1.46. The van der Waals surface area contributed by atoms with Gasteiger partial charge >= 0.3 is 0 Å². The minimum absolute atomic E-state index is 0.177. The SMILES string of the molecule is Cc1ccc2nc(C(O)CCC(N)=O)sc2c1. The van der Waals surface area contributed by atoms with Gasteiger partial charge in [-0.15, -0.1) is 11.3 Å². The highest BCUT2D eigenvalue weighted by Crippen LogP contribution is 2.29. The summed E-state index contributed by atoms with van der Waals surface area (Å²) in [6.07, 6.45) is -0.204. The van der Waals surface area contributed by atoms with E-state index < -0.39 is 12.0 Å². The molecule has 5 heteroatoms. The zero-order valence-electron chi connectivity index (χ0n) is 9.51. The number of amides is 1. The fourth-order valence-corrected chi connectivity index (χ4v) is 2.68. The number of carbonyl (C=O) groups is 1. The third-order valence-corrected chi connectivity index (χ3v) is 3.63. The average molecular weight is 250 g/mol. The Bertz CT molecular complexity index is 550. The van der Waals surface area contributed by atoms with Crippen molar-refractivity contribution in [2.75, 3.05) is 0 Å². The molecule has 0 saturated heterocycles. The molecule has 2 aromatic rings. The van der Waals surface area contributed by atoms with Crippen molar-refractivity contribution in [3.05, 3.63) is 28.8 Å². The number of aromatic nitrogens is 1. The second-order valence-corrected chi connectivity index (χ2v) is 5.11. The predicted octanol–water partition coefficient (Wildman–Crippen LogP) is 1.90. The fraction of sp³-hybridized carbons (Fsp3) is 0.333. The Morgan fingerprint density at radius 1 is 1.59 bits per heavy atom. The molecule has 1 heterocycles. The number of carbonyl (C=O) groups excluding carboxylic acids is 1. The van der Waals surface area contributed by atoms with Crippen LogP contribution in [0.15, 0.2) is 18.2 Å².